The first-order valence-corrected chi connectivity index (χ1v) is 14.8. The Balaban J connectivity index is 1.22. The van der Waals surface area contributed by atoms with Crippen LogP contribution in [0, 0.1) is 36.5 Å². The van der Waals surface area contributed by atoms with Gasteiger partial charge in [-0.1, -0.05) is 39.8 Å². The summed E-state index contributed by atoms with van der Waals surface area (Å²) in [6, 6.07) is 12.5. The number of rotatable bonds is 4. The summed E-state index contributed by atoms with van der Waals surface area (Å²) in [6.45, 7) is 8.99. The molecular formula is C35H28N4O6. The molecule has 2 aromatic heterocycles. The van der Waals surface area contributed by atoms with Gasteiger partial charge in [-0.3, -0.25) is 20.2 Å². The molecule has 0 saturated carbocycles. The monoisotopic (exact) mass is 600 g/mol. The highest BCUT2D eigenvalue weighted by Crippen LogP contribution is 2.67. The third-order valence-electron chi connectivity index (χ3n) is 9.21. The maximum atomic E-state index is 11.1. The number of hydrogen-bond donors (Lipinski definition) is 0. The van der Waals surface area contributed by atoms with E-state index in [4.69, 9.17) is 18.8 Å². The summed E-state index contributed by atoms with van der Waals surface area (Å²) in [6.07, 6.45) is 10.6. The molecule has 4 aromatic rings. The second-order valence-corrected chi connectivity index (χ2v) is 13.7. The molecule has 10 nitrogen and oxygen atoms in total. The average molecular weight is 601 g/mol. The lowest BCUT2D eigenvalue weighted by molar-refractivity contribution is -0.385. The van der Waals surface area contributed by atoms with Gasteiger partial charge >= 0.3 is 0 Å². The third kappa shape index (κ3) is 4.08. The van der Waals surface area contributed by atoms with E-state index >= 15 is 0 Å². The van der Waals surface area contributed by atoms with E-state index in [0.29, 0.717) is 34.4 Å². The van der Waals surface area contributed by atoms with Crippen LogP contribution in [0.2, 0.25) is 0 Å². The Hall–Kier alpha value is -5.38. The second-order valence-electron chi connectivity index (χ2n) is 13.7. The number of benzene rings is 2. The molecule has 8 rings (SSSR count). The summed E-state index contributed by atoms with van der Waals surface area (Å²) in [7, 11) is 0. The predicted octanol–water partition coefficient (Wildman–Crippen LogP) is 8.92. The minimum atomic E-state index is -0.424. The molecular weight excluding hydrogens is 572 g/mol. The molecule has 0 unspecified atom stereocenters. The minimum Gasteiger partial charge on any atom is -0.436 e. The molecule has 0 saturated heterocycles. The summed E-state index contributed by atoms with van der Waals surface area (Å²) in [5.74, 6) is 2.22. The highest BCUT2D eigenvalue weighted by Gasteiger charge is 2.55. The molecule has 2 aromatic carbocycles. The van der Waals surface area contributed by atoms with Crippen molar-refractivity contribution in [1.29, 1.82) is 0 Å². The first kappa shape index (κ1) is 27.2. The van der Waals surface area contributed by atoms with Gasteiger partial charge in [-0.2, -0.15) is 0 Å². The number of nitrogens with zero attached hydrogens (tertiary/aromatic N) is 4. The number of non-ortho nitro benzene ring substituents is 2. The van der Waals surface area contributed by atoms with Crippen molar-refractivity contribution < 1.29 is 18.7 Å². The standard InChI is InChI=1S/C35H28N4O6/c1-33(2)15-23-25(13-27-29(23)36-31(44-27)19-5-9-21(10-6-19)38(40)41)35(17-33)18-34(3,4)16-24-26(35)14-28-30(24)37-32(45-28)20-7-11-22(12-8-20)39(42)43/h5-16H,17-18H2,1-4H3. The van der Waals surface area contributed by atoms with Gasteiger partial charge in [0.15, 0.2) is 11.5 Å². The topological polar surface area (TPSA) is 138 Å². The van der Waals surface area contributed by atoms with Crippen LogP contribution in [-0.4, -0.2) is 19.8 Å². The molecule has 45 heavy (non-hydrogen) atoms. The van der Waals surface area contributed by atoms with Gasteiger partial charge in [-0.25, -0.2) is 9.97 Å². The van der Waals surface area contributed by atoms with E-state index < -0.39 is 9.85 Å². The number of hydrogen-bond acceptors (Lipinski definition) is 8. The zero-order valence-corrected chi connectivity index (χ0v) is 25.1. The Labute approximate surface area is 257 Å². The zero-order valence-electron chi connectivity index (χ0n) is 25.1. The summed E-state index contributed by atoms with van der Waals surface area (Å²) in [4.78, 5) is 31.2. The average Bonchev–Trinajstić information content (AvgIpc) is 3.73. The highest BCUT2D eigenvalue weighted by atomic mass is 16.6. The fourth-order valence-electron chi connectivity index (χ4n) is 7.73. The number of nitro benzene ring substituents is 2. The van der Waals surface area contributed by atoms with E-state index in [1.54, 1.807) is 24.3 Å². The number of aromatic nitrogens is 2. The fraction of sp³-hybridized carbons (Fsp3) is 0.257. The second kappa shape index (κ2) is 8.84. The number of fused-ring (bicyclic) bond motifs is 8. The van der Waals surface area contributed by atoms with Crippen molar-refractivity contribution >= 4 is 34.7 Å². The van der Waals surface area contributed by atoms with Gasteiger partial charge in [0.1, 0.15) is 11.4 Å². The minimum absolute atomic E-state index is 0.0148. The molecule has 4 aliphatic rings. The van der Waals surface area contributed by atoms with Gasteiger partial charge in [0.25, 0.3) is 11.4 Å². The van der Waals surface area contributed by atoms with E-state index in [-0.39, 0.29) is 27.6 Å². The van der Waals surface area contributed by atoms with E-state index in [1.165, 1.54) is 35.4 Å². The van der Waals surface area contributed by atoms with Crippen molar-refractivity contribution in [2.75, 3.05) is 0 Å². The van der Waals surface area contributed by atoms with Crippen LogP contribution in [0.5, 0.6) is 0 Å². The van der Waals surface area contributed by atoms with Crippen LogP contribution < -0.4 is 0 Å². The SMILES string of the molecule is CC1(C)C=C2C(=Cc3oc(-c4ccc([N+](=O)[O-])cc4)nc32)C2(C1)CC(C)(C)C=C1C2=Cc2oc(-c3ccc([N+](=O)[O-])cc3)nc21. The number of oxazole rings is 2. The lowest BCUT2D eigenvalue weighted by Gasteiger charge is -2.51. The summed E-state index contributed by atoms with van der Waals surface area (Å²) in [5.41, 5.74) is 6.72. The van der Waals surface area contributed by atoms with E-state index in [1.807, 2.05) is 0 Å². The maximum Gasteiger partial charge on any atom is 0.269 e. The molecule has 0 fully saturated rings. The highest BCUT2D eigenvalue weighted by molar-refractivity contribution is 6.01. The summed E-state index contributed by atoms with van der Waals surface area (Å²) in [5, 5.41) is 22.3. The van der Waals surface area contributed by atoms with Crippen LogP contribution in [0.15, 0.2) is 80.7 Å². The number of nitro groups is 2. The zero-order chi connectivity index (χ0) is 31.5. The van der Waals surface area contributed by atoms with Crippen LogP contribution in [0.25, 0.3) is 46.2 Å². The fourth-order valence-corrected chi connectivity index (χ4v) is 7.73. The van der Waals surface area contributed by atoms with Crippen LogP contribution in [0.3, 0.4) is 0 Å². The Kier molecular flexibility index (Phi) is 5.34. The quantitative estimate of drug-likeness (QED) is 0.167. The summed E-state index contributed by atoms with van der Waals surface area (Å²) >= 11 is 0. The van der Waals surface area contributed by atoms with Crippen molar-refractivity contribution in [3.63, 3.8) is 0 Å². The molecule has 224 valence electrons. The molecule has 0 bridgehead atoms. The van der Waals surface area contributed by atoms with Crippen molar-refractivity contribution in [2.24, 2.45) is 16.2 Å². The van der Waals surface area contributed by atoms with Gasteiger partial charge in [0, 0.05) is 52.0 Å². The van der Waals surface area contributed by atoms with Crippen LogP contribution in [0.1, 0.15) is 63.4 Å². The molecule has 0 radical (unpaired) electrons. The summed E-state index contributed by atoms with van der Waals surface area (Å²) < 4.78 is 12.6. The van der Waals surface area contributed by atoms with Gasteiger partial charge in [-0.05, 0) is 71.2 Å². The van der Waals surface area contributed by atoms with Gasteiger partial charge in [0.05, 0.1) is 9.85 Å². The molecule has 2 heterocycles. The van der Waals surface area contributed by atoms with Crippen molar-refractivity contribution in [3.05, 3.63) is 115 Å². The Morgan fingerprint density at radius 3 is 1.38 bits per heavy atom. The van der Waals surface area contributed by atoms with E-state index in [2.05, 4.69) is 52.0 Å². The number of allylic oxidation sites excluding steroid dienone is 6. The smallest absolute Gasteiger partial charge is 0.269 e. The largest absolute Gasteiger partial charge is 0.436 e. The van der Waals surface area contributed by atoms with Gasteiger partial charge < -0.3 is 8.83 Å². The Bertz CT molecular complexity index is 1950. The van der Waals surface area contributed by atoms with Crippen molar-refractivity contribution in [2.45, 2.75) is 40.5 Å². The molecule has 10 heteroatoms. The van der Waals surface area contributed by atoms with E-state index in [0.717, 1.165) is 35.4 Å². The Morgan fingerprint density at radius 2 is 1.02 bits per heavy atom. The van der Waals surface area contributed by atoms with Gasteiger partial charge in [0.2, 0.25) is 11.8 Å². The van der Waals surface area contributed by atoms with Crippen molar-refractivity contribution in [3.8, 4) is 22.9 Å². The van der Waals surface area contributed by atoms with Crippen LogP contribution in [-0.2, 0) is 0 Å². The third-order valence-corrected chi connectivity index (χ3v) is 9.21. The molecule has 1 spiro atoms. The lowest BCUT2D eigenvalue weighted by atomic mass is 9.51. The molecule has 4 aliphatic carbocycles. The normalized spacial score (nSPS) is 19.5. The van der Waals surface area contributed by atoms with E-state index in [9.17, 15) is 20.2 Å². The van der Waals surface area contributed by atoms with Gasteiger partial charge in [-0.15, -0.1) is 0 Å². The molecule has 0 aliphatic heterocycles. The van der Waals surface area contributed by atoms with Crippen LogP contribution in [0.4, 0.5) is 11.4 Å². The first-order valence-electron chi connectivity index (χ1n) is 14.8. The predicted molar refractivity (Wildman–Crippen MR) is 168 cm³/mol. The van der Waals surface area contributed by atoms with Crippen molar-refractivity contribution in [1.82, 2.24) is 9.97 Å². The maximum absolute atomic E-state index is 11.1. The first-order chi connectivity index (χ1) is 21.3. The lowest BCUT2D eigenvalue weighted by Crippen LogP contribution is -2.40. The molecule has 0 amide bonds. The Morgan fingerprint density at radius 1 is 0.644 bits per heavy atom. The van der Waals surface area contributed by atoms with Crippen LogP contribution >= 0.6 is 0 Å². The molecule has 0 atom stereocenters. The molecule has 0 N–H and O–H groups in total.